The second-order valence-electron chi connectivity index (χ2n) is 4.84. The molecule has 0 spiro atoms. The predicted octanol–water partition coefficient (Wildman–Crippen LogP) is 3.00. The molecule has 98 valence electrons. The van der Waals surface area contributed by atoms with Crippen LogP contribution in [0.25, 0.3) is 0 Å². The highest BCUT2D eigenvalue weighted by Gasteiger charge is 2.26. The van der Waals surface area contributed by atoms with Crippen molar-refractivity contribution in [1.82, 2.24) is 9.97 Å². The first-order valence-corrected chi connectivity index (χ1v) is 6.62. The fraction of sp³-hybridized carbons (Fsp3) is 0.333. The van der Waals surface area contributed by atoms with Gasteiger partial charge in [0.2, 0.25) is 5.88 Å². The van der Waals surface area contributed by atoms with Crippen LogP contribution in [-0.2, 0) is 6.42 Å². The van der Waals surface area contributed by atoms with Crippen LogP contribution in [0.1, 0.15) is 37.1 Å². The molecular formula is C15H16N2O2. The van der Waals surface area contributed by atoms with Crippen molar-refractivity contribution in [3.8, 4) is 11.6 Å². The molecule has 1 heterocycles. The number of aromatic amines is 1. The van der Waals surface area contributed by atoms with Crippen molar-refractivity contribution < 1.29 is 4.74 Å². The zero-order valence-corrected chi connectivity index (χ0v) is 10.8. The zero-order chi connectivity index (χ0) is 13.2. The van der Waals surface area contributed by atoms with E-state index < -0.39 is 0 Å². The largest absolute Gasteiger partial charge is 0.439 e. The van der Waals surface area contributed by atoms with Gasteiger partial charge in [0, 0.05) is 5.92 Å². The van der Waals surface area contributed by atoms with Gasteiger partial charge in [0.25, 0.3) is 5.56 Å². The molecule has 1 aliphatic carbocycles. The van der Waals surface area contributed by atoms with Gasteiger partial charge < -0.3 is 9.72 Å². The lowest BCUT2D eigenvalue weighted by atomic mass is 10.2. The Kier molecular flexibility index (Phi) is 3.07. The van der Waals surface area contributed by atoms with E-state index in [0.717, 1.165) is 25.1 Å². The number of aryl methyl sites for hydroxylation is 1. The highest BCUT2D eigenvalue weighted by molar-refractivity contribution is 5.30. The number of nitrogens with one attached hydrogen (secondary N) is 1. The molecule has 2 aromatic rings. The van der Waals surface area contributed by atoms with E-state index in [2.05, 4.69) is 16.9 Å². The minimum Gasteiger partial charge on any atom is -0.439 e. The second-order valence-corrected chi connectivity index (χ2v) is 4.84. The lowest BCUT2D eigenvalue weighted by molar-refractivity contribution is 0.457. The average Bonchev–Trinajstić information content (AvgIpc) is 3.23. The maximum atomic E-state index is 11.6. The maximum absolute atomic E-state index is 11.6. The molecule has 0 aliphatic heterocycles. The summed E-state index contributed by atoms with van der Waals surface area (Å²) in [5.41, 5.74) is 1.10. The Labute approximate surface area is 111 Å². The van der Waals surface area contributed by atoms with Crippen LogP contribution in [0.5, 0.6) is 11.6 Å². The van der Waals surface area contributed by atoms with E-state index in [4.69, 9.17) is 4.74 Å². The third kappa shape index (κ3) is 2.84. The summed E-state index contributed by atoms with van der Waals surface area (Å²) in [6, 6.07) is 9.23. The molecule has 4 heteroatoms. The van der Waals surface area contributed by atoms with E-state index in [1.807, 2.05) is 24.3 Å². The number of hydrogen-bond donors (Lipinski definition) is 1. The molecular weight excluding hydrogens is 240 g/mol. The van der Waals surface area contributed by atoms with Crippen LogP contribution < -0.4 is 10.3 Å². The van der Waals surface area contributed by atoms with Crippen molar-refractivity contribution in [2.45, 2.75) is 32.1 Å². The van der Waals surface area contributed by atoms with E-state index in [9.17, 15) is 4.79 Å². The van der Waals surface area contributed by atoms with E-state index in [-0.39, 0.29) is 5.56 Å². The number of ether oxygens (including phenoxy) is 1. The monoisotopic (exact) mass is 256 g/mol. The molecule has 0 amide bonds. The van der Waals surface area contributed by atoms with Gasteiger partial charge in [-0.2, -0.15) is 4.98 Å². The Morgan fingerprint density at radius 3 is 2.68 bits per heavy atom. The van der Waals surface area contributed by atoms with Crippen LogP contribution in [0.2, 0.25) is 0 Å². The predicted molar refractivity (Wildman–Crippen MR) is 72.7 cm³/mol. The van der Waals surface area contributed by atoms with Crippen molar-refractivity contribution in [3.63, 3.8) is 0 Å². The fourth-order valence-electron chi connectivity index (χ4n) is 1.97. The van der Waals surface area contributed by atoms with Crippen LogP contribution in [0.15, 0.2) is 35.1 Å². The molecule has 0 radical (unpaired) electrons. The smallest absolute Gasteiger partial charge is 0.254 e. The van der Waals surface area contributed by atoms with Crippen molar-refractivity contribution in [2.75, 3.05) is 0 Å². The molecule has 3 rings (SSSR count). The number of rotatable bonds is 4. The van der Waals surface area contributed by atoms with Crippen LogP contribution in [0.3, 0.4) is 0 Å². The summed E-state index contributed by atoms with van der Waals surface area (Å²) >= 11 is 0. The molecule has 1 aliphatic rings. The quantitative estimate of drug-likeness (QED) is 0.914. The molecule has 0 atom stereocenters. The van der Waals surface area contributed by atoms with E-state index >= 15 is 0 Å². The van der Waals surface area contributed by atoms with Gasteiger partial charge in [-0.3, -0.25) is 4.79 Å². The molecule has 19 heavy (non-hydrogen) atoms. The summed E-state index contributed by atoms with van der Waals surface area (Å²) in [5, 5.41) is 0. The number of H-pyrrole nitrogens is 1. The van der Waals surface area contributed by atoms with Gasteiger partial charge in [-0.1, -0.05) is 19.1 Å². The summed E-state index contributed by atoms with van der Waals surface area (Å²) in [7, 11) is 0. The highest BCUT2D eigenvalue weighted by Crippen LogP contribution is 2.38. The molecule has 1 fully saturated rings. The Morgan fingerprint density at radius 1 is 1.32 bits per heavy atom. The molecule has 0 bridgehead atoms. The lowest BCUT2D eigenvalue weighted by Crippen LogP contribution is -2.10. The van der Waals surface area contributed by atoms with Crippen LogP contribution in [0.4, 0.5) is 0 Å². The first-order chi connectivity index (χ1) is 9.24. The molecule has 1 saturated carbocycles. The Hall–Kier alpha value is -2.10. The maximum Gasteiger partial charge on any atom is 0.254 e. The number of benzene rings is 1. The third-order valence-corrected chi connectivity index (χ3v) is 3.25. The van der Waals surface area contributed by atoms with Gasteiger partial charge in [0.1, 0.15) is 11.6 Å². The lowest BCUT2D eigenvalue weighted by Gasteiger charge is -2.06. The summed E-state index contributed by atoms with van der Waals surface area (Å²) in [4.78, 5) is 18.7. The van der Waals surface area contributed by atoms with Crippen LogP contribution in [-0.4, -0.2) is 9.97 Å². The van der Waals surface area contributed by atoms with Crippen molar-refractivity contribution >= 4 is 0 Å². The zero-order valence-electron chi connectivity index (χ0n) is 10.8. The van der Waals surface area contributed by atoms with Crippen LogP contribution in [0, 0.1) is 0 Å². The third-order valence-electron chi connectivity index (χ3n) is 3.25. The highest BCUT2D eigenvalue weighted by atomic mass is 16.5. The van der Waals surface area contributed by atoms with E-state index in [0.29, 0.717) is 17.5 Å². The molecule has 0 unspecified atom stereocenters. The Balaban J connectivity index is 1.83. The second kappa shape index (κ2) is 4.88. The minimum atomic E-state index is -0.155. The summed E-state index contributed by atoms with van der Waals surface area (Å²) in [6.07, 6.45) is 3.19. The SMILES string of the molecule is CCc1ccc(Oc2cc(=O)[nH]c(C3CC3)n2)cc1. The fourth-order valence-corrected chi connectivity index (χ4v) is 1.97. The van der Waals surface area contributed by atoms with Gasteiger partial charge >= 0.3 is 0 Å². The van der Waals surface area contributed by atoms with Gasteiger partial charge in [-0.15, -0.1) is 0 Å². The number of hydrogen-bond acceptors (Lipinski definition) is 3. The summed E-state index contributed by atoms with van der Waals surface area (Å²) in [6.45, 7) is 2.11. The van der Waals surface area contributed by atoms with Crippen molar-refractivity contribution in [3.05, 3.63) is 52.1 Å². The van der Waals surface area contributed by atoms with Gasteiger partial charge in [0.15, 0.2) is 0 Å². The first-order valence-electron chi connectivity index (χ1n) is 6.62. The standard InChI is InChI=1S/C15H16N2O2/c1-2-10-3-7-12(8-4-10)19-14-9-13(18)16-15(17-14)11-5-6-11/h3-4,7-9,11H,2,5-6H2,1H3,(H,16,17,18). The molecule has 1 N–H and O–H groups in total. The average molecular weight is 256 g/mol. The van der Waals surface area contributed by atoms with Crippen molar-refractivity contribution in [1.29, 1.82) is 0 Å². The van der Waals surface area contributed by atoms with Gasteiger partial charge in [0.05, 0.1) is 6.07 Å². The van der Waals surface area contributed by atoms with E-state index in [1.54, 1.807) is 0 Å². The Bertz CT molecular complexity index is 627. The topological polar surface area (TPSA) is 55.0 Å². The number of aromatic nitrogens is 2. The minimum absolute atomic E-state index is 0.155. The van der Waals surface area contributed by atoms with Crippen molar-refractivity contribution in [2.24, 2.45) is 0 Å². The molecule has 0 saturated heterocycles. The van der Waals surface area contributed by atoms with Gasteiger partial charge in [-0.05, 0) is 37.0 Å². The molecule has 4 nitrogen and oxygen atoms in total. The summed E-state index contributed by atoms with van der Waals surface area (Å²) < 4.78 is 5.65. The van der Waals surface area contributed by atoms with Gasteiger partial charge in [-0.25, -0.2) is 0 Å². The van der Waals surface area contributed by atoms with E-state index in [1.165, 1.54) is 11.6 Å². The summed E-state index contributed by atoms with van der Waals surface area (Å²) in [5.74, 6) is 2.22. The molecule has 1 aromatic heterocycles. The molecule has 1 aromatic carbocycles. The number of nitrogens with zero attached hydrogens (tertiary/aromatic N) is 1. The first kappa shape index (κ1) is 12.0. The normalized spacial score (nSPS) is 14.4. The Morgan fingerprint density at radius 2 is 2.05 bits per heavy atom. The van der Waals surface area contributed by atoms with Crippen LogP contribution >= 0.6 is 0 Å².